The number of ether oxygens (including phenoxy) is 3. The van der Waals surface area contributed by atoms with Crippen LogP contribution in [0.2, 0.25) is 0 Å². The number of benzene rings is 1. The van der Waals surface area contributed by atoms with Crippen LogP contribution in [0.25, 0.3) is 0 Å². The molecule has 8 heteroatoms. The molecule has 0 radical (unpaired) electrons. The van der Waals surface area contributed by atoms with Crippen molar-refractivity contribution in [2.45, 2.75) is 83.1 Å². The molecule has 1 aromatic rings. The quantitative estimate of drug-likeness (QED) is 0.423. The first-order valence-corrected chi connectivity index (χ1v) is 11.3. The summed E-state index contributed by atoms with van der Waals surface area (Å²) in [5, 5.41) is 11.9. The van der Waals surface area contributed by atoms with Crippen molar-refractivity contribution in [1.82, 2.24) is 5.32 Å². The van der Waals surface area contributed by atoms with E-state index >= 15 is 0 Å². The summed E-state index contributed by atoms with van der Waals surface area (Å²) < 4.78 is 17.0. The van der Waals surface area contributed by atoms with Gasteiger partial charge in [-0.15, -0.1) is 0 Å². The van der Waals surface area contributed by atoms with Gasteiger partial charge in [-0.2, -0.15) is 0 Å². The van der Waals surface area contributed by atoms with Gasteiger partial charge in [0.05, 0.1) is 6.61 Å². The highest BCUT2D eigenvalue weighted by atomic mass is 16.6. The number of nitrogens with zero attached hydrogens (tertiary/aromatic N) is 1. The first-order chi connectivity index (χ1) is 15.1. The van der Waals surface area contributed by atoms with Crippen LogP contribution in [-0.4, -0.2) is 59.4 Å². The maximum atomic E-state index is 13.2. The number of aliphatic hydroxyl groups excluding tert-OH is 1. The molecule has 0 unspecified atom stereocenters. The van der Waals surface area contributed by atoms with Crippen LogP contribution in [-0.2, 0) is 19.1 Å². The largest absolute Gasteiger partial charge is 0.494 e. The van der Waals surface area contributed by atoms with Gasteiger partial charge in [0.2, 0.25) is 5.90 Å². The number of esters is 1. The van der Waals surface area contributed by atoms with Crippen molar-refractivity contribution in [1.29, 1.82) is 0 Å². The van der Waals surface area contributed by atoms with Gasteiger partial charge in [0, 0.05) is 31.1 Å². The lowest BCUT2D eigenvalue weighted by atomic mass is 9.87. The average molecular weight is 447 g/mol. The van der Waals surface area contributed by atoms with E-state index in [0.29, 0.717) is 24.7 Å². The molecular weight excluding hydrogens is 412 g/mol. The predicted octanol–water partition coefficient (Wildman–Crippen LogP) is 2.75. The van der Waals surface area contributed by atoms with Crippen LogP contribution in [0.1, 0.15) is 65.4 Å². The molecule has 1 amide bonds. The van der Waals surface area contributed by atoms with E-state index in [4.69, 9.17) is 24.3 Å². The normalized spacial score (nSPS) is 22.7. The number of carbonyl (C=O) groups is 2. The first kappa shape index (κ1) is 24.0. The Balaban J connectivity index is 1.77. The number of hydrogen-bond donors (Lipinski definition) is 2. The van der Waals surface area contributed by atoms with Gasteiger partial charge in [-0.05, 0) is 71.2 Å². The zero-order valence-corrected chi connectivity index (χ0v) is 19.3. The summed E-state index contributed by atoms with van der Waals surface area (Å²) in [6.07, 6.45) is 2.21. The molecule has 1 saturated carbocycles. The van der Waals surface area contributed by atoms with E-state index in [1.807, 2.05) is 39.8 Å². The van der Waals surface area contributed by atoms with Crippen LogP contribution in [0, 0.1) is 0 Å². The van der Waals surface area contributed by atoms with Gasteiger partial charge >= 0.3 is 5.97 Å². The van der Waals surface area contributed by atoms with Gasteiger partial charge in [-0.3, -0.25) is 9.59 Å². The number of hydrogen-bond acceptors (Lipinski definition) is 7. The molecular formula is C24H34N2O6. The van der Waals surface area contributed by atoms with Crippen LogP contribution >= 0.6 is 0 Å². The molecule has 0 bridgehead atoms. The van der Waals surface area contributed by atoms with Gasteiger partial charge < -0.3 is 24.6 Å². The number of aliphatic imine (C=N–C) groups is 1. The topological polar surface area (TPSA) is 106 Å². The fraction of sp³-hybridized carbons (Fsp3) is 0.625. The molecule has 176 valence electrons. The fourth-order valence-electron chi connectivity index (χ4n) is 3.48. The molecule has 2 aliphatic rings. The summed E-state index contributed by atoms with van der Waals surface area (Å²) in [5.41, 5.74) is -1.05. The standard InChI is InChI=1S/C24H34N2O6/c1-16-24(22(29)25-18-8-9-18,13-12-20(28)32-23(2,3)4)26-21(31-16)17-6-10-19(11-7-17)30-15-5-14-27/h6-7,10-11,16,18,27H,5,8-9,12-15H2,1-4H3,(H,25,29)/t16-,24-/m1/s1. The highest BCUT2D eigenvalue weighted by molar-refractivity contribution is 6.01. The molecule has 0 saturated heterocycles. The van der Waals surface area contributed by atoms with E-state index in [1.165, 1.54) is 0 Å². The van der Waals surface area contributed by atoms with Gasteiger partial charge in [0.15, 0.2) is 5.54 Å². The SMILES string of the molecule is C[C@H]1OC(c2ccc(OCCCO)cc2)=N[C@@]1(CCC(=O)OC(C)(C)C)C(=O)NC1CC1. The van der Waals surface area contributed by atoms with Crippen molar-refractivity contribution in [2.75, 3.05) is 13.2 Å². The third-order valence-corrected chi connectivity index (χ3v) is 5.37. The van der Waals surface area contributed by atoms with E-state index in [9.17, 15) is 9.59 Å². The van der Waals surface area contributed by atoms with Crippen molar-refractivity contribution in [2.24, 2.45) is 4.99 Å². The van der Waals surface area contributed by atoms with Crippen LogP contribution in [0.4, 0.5) is 0 Å². The van der Waals surface area contributed by atoms with E-state index in [0.717, 1.165) is 18.4 Å². The highest BCUT2D eigenvalue weighted by Gasteiger charge is 2.51. The molecule has 1 aliphatic carbocycles. The van der Waals surface area contributed by atoms with E-state index < -0.39 is 17.2 Å². The van der Waals surface area contributed by atoms with Gasteiger partial charge in [-0.1, -0.05) is 0 Å². The zero-order valence-electron chi connectivity index (χ0n) is 19.3. The Morgan fingerprint density at radius 2 is 1.94 bits per heavy atom. The van der Waals surface area contributed by atoms with Crippen molar-refractivity contribution in [3.63, 3.8) is 0 Å². The second-order valence-corrected chi connectivity index (χ2v) is 9.39. The van der Waals surface area contributed by atoms with Crippen molar-refractivity contribution < 1.29 is 28.9 Å². The lowest BCUT2D eigenvalue weighted by Crippen LogP contribution is -2.51. The van der Waals surface area contributed by atoms with E-state index in [-0.39, 0.29) is 37.4 Å². The molecule has 0 spiro atoms. The monoisotopic (exact) mass is 446 g/mol. The average Bonchev–Trinajstić information content (AvgIpc) is 3.47. The number of amides is 1. The van der Waals surface area contributed by atoms with Crippen molar-refractivity contribution in [3.05, 3.63) is 29.8 Å². The minimum atomic E-state index is -1.19. The Morgan fingerprint density at radius 1 is 1.25 bits per heavy atom. The van der Waals surface area contributed by atoms with Gasteiger partial charge in [0.1, 0.15) is 17.5 Å². The van der Waals surface area contributed by atoms with E-state index in [1.54, 1.807) is 12.1 Å². The zero-order chi connectivity index (χ0) is 23.4. The van der Waals surface area contributed by atoms with Gasteiger partial charge in [0.25, 0.3) is 5.91 Å². The Bertz CT molecular complexity index is 841. The smallest absolute Gasteiger partial charge is 0.306 e. The third kappa shape index (κ3) is 6.22. The maximum Gasteiger partial charge on any atom is 0.306 e. The molecule has 8 nitrogen and oxygen atoms in total. The van der Waals surface area contributed by atoms with Crippen molar-refractivity contribution in [3.8, 4) is 5.75 Å². The van der Waals surface area contributed by atoms with Crippen LogP contribution in [0.3, 0.4) is 0 Å². The second-order valence-electron chi connectivity index (χ2n) is 9.39. The third-order valence-electron chi connectivity index (χ3n) is 5.37. The summed E-state index contributed by atoms with van der Waals surface area (Å²) in [7, 11) is 0. The molecule has 1 heterocycles. The Kier molecular flexibility index (Phi) is 7.44. The molecule has 32 heavy (non-hydrogen) atoms. The summed E-state index contributed by atoms with van der Waals surface area (Å²) in [4.78, 5) is 30.3. The molecule has 2 atom stereocenters. The van der Waals surface area contributed by atoms with Crippen LogP contribution < -0.4 is 10.1 Å². The Labute approximate surface area is 189 Å². The second kappa shape index (κ2) is 9.90. The van der Waals surface area contributed by atoms with Crippen molar-refractivity contribution >= 4 is 17.8 Å². The summed E-state index contributed by atoms with van der Waals surface area (Å²) in [5.74, 6) is 0.470. The maximum absolute atomic E-state index is 13.2. The minimum absolute atomic E-state index is 0.0669. The molecule has 2 N–H and O–H groups in total. The summed E-state index contributed by atoms with van der Waals surface area (Å²) in [6, 6.07) is 7.41. The first-order valence-electron chi connectivity index (χ1n) is 11.3. The molecule has 0 aromatic heterocycles. The Morgan fingerprint density at radius 3 is 2.53 bits per heavy atom. The minimum Gasteiger partial charge on any atom is -0.494 e. The Hall–Kier alpha value is -2.61. The van der Waals surface area contributed by atoms with Gasteiger partial charge in [-0.25, -0.2) is 4.99 Å². The number of carbonyl (C=O) groups excluding carboxylic acids is 2. The molecule has 1 aliphatic heterocycles. The lowest BCUT2D eigenvalue weighted by Gasteiger charge is -2.28. The van der Waals surface area contributed by atoms with E-state index in [2.05, 4.69) is 5.32 Å². The van der Waals surface area contributed by atoms with Crippen LogP contribution in [0.5, 0.6) is 5.75 Å². The summed E-state index contributed by atoms with van der Waals surface area (Å²) >= 11 is 0. The number of nitrogens with one attached hydrogen (secondary N) is 1. The highest BCUT2D eigenvalue weighted by Crippen LogP contribution is 2.35. The molecule has 3 rings (SSSR count). The predicted molar refractivity (Wildman–Crippen MR) is 120 cm³/mol. The summed E-state index contributed by atoms with van der Waals surface area (Å²) in [6.45, 7) is 7.76. The van der Waals surface area contributed by atoms with Crippen LogP contribution in [0.15, 0.2) is 29.3 Å². The molecule has 1 fully saturated rings. The lowest BCUT2D eigenvalue weighted by molar-refractivity contribution is -0.155. The number of rotatable bonds is 10. The molecule has 1 aromatic carbocycles. The number of aliphatic hydroxyl groups is 1. The fourth-order valence-corrected chi connectivity index (χ4v) is 3.48.